The van der Waals surface area contributed by atoms with Gasteiger partial charge in [-0.15, -0.1) is 0 Å². The largest absolute Gasteiger partial charge is 0.399 e. The van der Waals surface area contributed by atoms with Crippen molar-refractivity contribution in [3.05, 3.63) is 39.5 Å². The van der Waals surface area contributed by atoms with E-state index in [0.717, 1.165) is 10.2 Å². The van der Waals surface area contributed by atoms with E-state index in [-0.39, 0.29) is 0 Å². The van der Waals surface area contributed by atoms with Crippen molar-refractivity contribution in [1.29, 1.82) is 0 Å². The number of nitrogen functional groups attached to an aromatic ring is 1. The lowest BCUT2D eigenvalue weighted by atomic mass is 10.1. The van der Waals surface area contributed by atoms with Crippen LogP contribution in [0.25, 0.3) is 11.1 Å². The summed E-state index contributed by atoms with van der Waals surface area (Å²) >= 11 is 5.19. The van der Waals surface area contributed by atoms with Crippen molar-refractivity contribution in [3.63, 3.8) is 0 Å². The predicted octanol–water partition coefficient (Wildman–Crippen LogP) is 3.76. The van der Waals surface area contributed by atoms with Gasteiger partial charge in [0.25, 0.3) is 0 Å². The lowest BCUT2D eigenvalue weighted by molar-refractivity contribution is 1.65. The second-order valence-corrected chi connectivity index (χ2v) is 4.35. The average Bonchev–Trinajstić information content (AvgIpc) is 2.53. The van der Waals surface area contributed by atoms with Crippen molar-refractivity contribution >= 4 is 33.0 Å². The second-order valence-electron chi connectivity index (χ2n) is 2.76. The molecule has 1 nitrogen and oxygen atoms in total. The van der Waals surface area contributed by atoms with Crippen molar-refractivity contribution in [2.75, 3.05) is 5.73 Å². The number of rotatable bonds is 1. The summed E-state index contributed by atoms with van der Waals surface area (Å²) in [4.78, 5) is 0. The van der Waals surface area contributed by atoms with Gasteiger partial charge in [0.05, 0.1) is 0 Å². The Kier molecular flexibility index (Phi) is 2.38. The van der Waals surface area contributed by atoms with Crippen LogP contribution in [0.1, 0.15) is 0 Å². The highest BCUT2D eigenvalue weighted by Gasteiger charge is 2.02. The van der Waals surface area contributed by atoms with Gasteiger partial charge in [-0.25, -0.2) is 0 Å². The number of hydrogen-bond acceptors (Lipinski definition) is 2. The molecule has 0 amide bonds. The smallest absolute Gasteiger partial charge is 0.0360 e. The first kappa shape index (κ1) is 8.78. The number of thiophene rings is 1. The first-order valence-electron chi connectivity index (χ1n) is 3.85. The van der Waals surface area contributed by atoms with Crippen molar-refractivity contribution in [2.45, 2.75) is 0 Å². The van der Waals surface area contributed by atoms with Crippen molar-refractivity contribution in [1.82, 2.24) is 0 Å². The maximum absolute atomic E-state index is 5.61. The Hall–Kier alpha value is -0.800. The summed E-state index contributed by atoms with van der Waals surface area (Å²) in [6.45, 7) is 0. The van der Waals surface area contributed by atoms with Gasteiger partial charge in [0, 0.05) is 21.1 Å². The molecule has 0 fully saturated rings. The van der Waals surface area contributed by atoms with Crippen molar-refractivity contribution in [3.8, 4) is 11.1 Å². The average molecular weight is 254 g/mol. The third kappa shape index (κ3) is 1.76. The van der Waals surface area contributed by atoms with Crippen LogP contribution < -0.4 is 5.73 Å². The normalized spacial score (nSPS) is 10.2. The Labute approximate surface area is 89.3 Å². The summed E-state index contributed by atoms with van der Waals surface area (Å²) in [5.74, 6) is 0. The molecule has 1 aromatic carbocycles. The van der Waals surface area contributed by atoms with Crippen LogP contribution in [0.15, 0.2) is 39.5 Å². The van der Waals surface area contributed by atoms with Gasteiger partial charge >= 0.3 is 0 Å². The second kappa shape index (κ2) is 3.52. The summed E-state index contributed by atoms with van der Waals surface area (Å²) in [6, 6.07) is 7.89. The Morgan fingerprint density at radius 2 is 1.77 bits per heavy atom. The fourth-order valence-electron chi connectivity index (χ4n) is 1.15. The Bertz CT molecular complexity index is 405. The zero-order valence-corrected chi connectivity index (χ0v) is 9.23. The standard InChI is InChI=1S/C10H8BrNS/c11-10-6-13-5-9(10)7-1-3-8(12)4-2-7/h1-6H,12H2. The molecule has 0 spiro atoms. The highest BCUT2D eigenvalue weighted by Crippen LogP contribution is 2.31. The molecule has 2 rings (SSSR count). The quantitative estimate of drug-likeness (QED) is 0.770. The van der Waals surface area contributed by atoms with E-state index in [4.69, 9.17) is 5.73 Å². The van der Waals surface area contributed by atoms with Gasteiger partial charge in [-0.2, -0.15) is 11.3 Å². The van der Waals surface area contributed by atoms with E-state index in [2.05, 4.69) is 26.7 Å². The van der Waals surface area contributed by atoms with E-state index >= 15 is 0 Å². The molecular formula is C10H8BrNS. The highest BCUT2D eigenvalue weighted by atomic mass is 79.9. The molecule has 0 saturated heterocycles. The van der Waals surface area contributed by atoms with E-state index in [1.807, 2.05) is 24.3 Å². The highest BCUT2D eigenvalue weighted by molar-refractivity contribution is 9.10. The monoisotopic (exact) mass is 253 g/mol. The summed E-state index contributed by atoms with van der Waals surface area (Å²) in [6.07, 6.45) is 0. The van der Waals surface area contributed by atoms with Gasteiger partial charge in [0.1, 0.15) is 0 Å². The molecule has 0 aliphatic heterocycles. The van der Waals surface area contributed by atoms with Gasteiger partial charge in [-0.1, -0.05) is 12.1 Å². The van der Waals surface area contributed by atoms with E-state index < -0.39 is 0 Å². The van der Waals surface area contributed by atoms with Crippen molar-refractivity contribution in [2.24, 2.45) is 0 Å². The molecule has 13 heavy (non-hydrogen) atoms. The molecule has 0 unspecified atom stereocenters. The number of halogens is 1. The zero-order chi connectivity index (χ0) is 9.26. The van der Waals surface area contributed by atoms with Crippen molar-refractivity contribution < 1.29 is 0 Å². The van der Waals surface area contributed by atoms with Crippen LogP contribution in [0.2, 0.25) is 0 Å². The lowest BCUT2D eigenvalue weighted by Gasteiger charge is -1.99. The van der Waals surface area contributed by atoms with Gasteiger partial charge in [0.2, 0.25) is 0 Å². The molecule has 2 N–H and O–H groups in total. The Morgan fingerprint density at radius 3 is 2.31 bits per heavy atom. The molecule has 3 heteroatoms. The molecule has 1 aromatic heterocycles. The molecule has 0 aliphatic rings. The van der Waals surface area contributed by atoms with Gasteiger partial charge in [-0.05, 0) is 39.0 Å². The van der Waals surface area contributed by atoms with Crippen LogP contribution in [-0.4, -0.2) is 0 Å². The number of anilines is 1. The van der Waals surface area contributed by atoms with Crippen LogP contribution >= 0.6 is 27.3 Å². The fourth-order valence-corrected chi connectivity index (χ4v) is 2.68. The van der Waals surface area contributed by atoms with Gasteiger partial charge in [-0.3, -0.25) is 0 Å². The van der Waals surface area contributed by atoms with E-state index in [9.17, 15) is 0 Å². The number of hydrogen-bond donors (Lipinski definition) is 1. The molecule has 0 radical (unpaired) electrons. The predicted molar refractivity (Wildman–Crippen MR) is 61.9 cm³/mol. The van der Waals surface area contributed by atoms with Crippen LogP contribution in [0, 0.1) is 0 Å². The van der Waals surface area contributed by atoms with Crippen LogP contribution in [0.4, 0.5) is 5.69 Å². The van der Waals surface area contributed by atoms with E-state index in [0.29, 0.717) is 0 Å². The van der Waals surface area contributed by atoms with Crippen LogP contribution in [-0.2, 0) is 0 Å². The number of benzene rings is 1. The summed E-state index contributed by atoms with van der Waals surface area (Å²) in [7, 11) is 0. The van der Waals surface area contributed by atoms with Gasteiger partial charge in [0.15, 0.2) is 0 Å². The summed E-state index contributed by atoms with van der Waals surface area (Å²) in [5, 5.41) is 4.20. The maximum atomic E-state index is 5.61. The van der Waals surface area contributed by atoms with Crippen LogP contribution in [0.3, 0.4) is 0 Å². The third-order valence-corrected chi connectivity index (χ3v) is 3.54. The van der Waals surface area contributed by atoms with Gasteiger partial charge < -0.3 is 5.73 Å². The molecular weight excluding hydrogens is 246 g/mol. The topological polar surface area (TPSA) is 26.0 Å². The molecule has 0 saturated carbocycles. The maximum Gasteiger partial charge on any atom is 0.0360 e. The van der Waals surface area contributed by atoms with Crippen LogP contribution in [0.5, 0.6) is 0 Å². The molecule has 0 aliphatic carbocycles. The minimum atomic E-state index is 0.801. The minimum Gasteiger partial charge on any atom is -0.399 e. The van der Waals surface area contributed by atoms with E-state index in [1.54, 1.807) is 11.3 Å². The molecule has 2 aromatic rings. The fraction of sp³-hybridized carbons (Fsp3) is 0. The SMILES string of the molecule is Nc1ccc(-c2cscc2Br)cc1. The first-order chi connectivity index (χ1) is 6.27. The minimum absolute atomic E-state index is 0.801. The summed E-state index contributed by atoms with van der Waals surface area (Å²) < 4.78 is 1.14. The Morgan fingerprint density at radius 1 is 1.08 bits per heavy atom. The lowest BCUT2D eigenvalue weighted by Crippen LogP contribution is -1.83. The zero-order valence-electron chi connectivity index (χ0n) is 6.83. The molecule has 0 bridgehead atoms. The third-order valence-electron chi connectivity index (χ3n) is 1.84. The number of nitrogens with two attached hydrogens (primary N) is 1. The Balaban J connectivity index is 2.47. The summed E-state index contributed by atoms with van der Waals surface area (Å²) in [5.41, 5.74) is 8.83. The molecule has 1 heterocycles. The molecule has 0 atom stereocenters. The van der Waals surface area contributed by atoms with E-state index in [1.165, 1.54) is 11.1 Å². The first-order valence-corrected chi connectivity index (χ1v) is 5.58. The molecule has 66 valence electrons.